The number of unbranched alkanes of at least 4 members (excludes halogenated alkanes) is 3. The Balaban J connectivity index is 2.20. The van der Waals surface area contributed by atoms with Crippen molar-refractivity contribution in [1.29, 1.82) is 0 Å². The second-order valence-electron chi connectivity index (χ2n) is 5.73. The molecule has 1 unspecified atom stereocenters. The van der Waals surface area contributed by atoms with E-state index >= 15 is 0 Å². The molecule has 2 rings (SSSR count). The fourth-order valence-electron chi connectivity index (χ4n) is 2.65. The molecule has 1 aliphatic heterocycles. The molecule has 0 fully saturated rings. The van der Waals surface area contributed by atoms with Gasteiger partial charge in [0.25, 0.3) is 5.91 Å². The summed E-state index contributed by atoms with van der Waals surface area (Å²) in [5.74, 6) is -0.683. The van der Waals surface area contributed by atoms with Gasteiger partial charge in [0.05, 0.1) is 12.1 Å². The predicted molar refractivity (Wildman–Crippen MR) is 84.3 cm³/mol. The number of ether oxygens (including phenoxy) is 1. The van der Waals surface area contributed by atoms with Gasteiger partial charge < -0.3 is 14.7 Å². The van der Waals surface area contributed by atoms with Crippen LogP contribution in [0.2, 0.25) is 0 Å². The molecule has 1 heterocycles. The average molecular weight is 305 g/mol. The number of carbonyl (C=O) groups excluding carboxylic acids is 1. The van der Waals surface area contributed by atoms with Crippen LogP contribution >= 0.6 is 0 Å². The van der Waals surface area contributed by atoms with Gasteiger partial charge in [-0.3, -0.25) is 9.59 Å². The zero-order valence-corrected chi connectivity index (χ0v) is 13.2. The zero-order chi connectivity index (χ0) is 16.1. The molecule has 0 bridgehead atoms. The van der Waals surface area contributed by atoms with E-state index in [0.29, 0.717) is 12.3 Å². The number of fused-ring (bicyclic) bond motifs is 1. The van der Waals surface area contributed by atoms with Crippen LogP contribution in [0.1, 0.15) is 44.6 Å². The highest BCUT2D eigenvalue weighted by atomic mass is 16.5. The Labute approximate surface area is 130 Å². The van der Waals surface area contributed by atoms with Gasteiger partial charge in [-0.25, -0.2) is 0 Å². The Morgan fingerprint density at radius 2 is 2.09 bits per heavy atom. The fraction of sp³-hybridized carbons (Fsp3) is 0.529. The highest BCUT2D eigenvalue weighted by Crippen LogP contribution is 2.35. The molecular weight excluding hydrogens is 282 g/mol. The Morgan fingerprint density at radius 1 is 1.32 bits per heavy atom. The summed E-state index contributed by atoms with van der Waals surface area (Å²) in [4.78, 5) is 25.1. The van der Waals surface area contributed by atoms with Crippen molar-refractivity contribution in [1.82, 2.24) is 0 Å². The number of amides is 1. The molecule has 5 nitrogen and oxygen atoms in total. The largest absolute Gasteiger partial charge is 0.481 e. The normalized spacial score (nSPS) is 17.1. The summed E-state index contributed by atoms with van der Waals surface area (Å²) in [6, 6.07) is 5.67. The molecule has 1 N–H and O–H groups in total. The van der Waals surface area contributed by atoms with Gasteiger partial charge in [-0.15, -0.1) is 0 Å². The second-order valence-corrected chi connectivity index (χ2v) is 5.73. The maximum absolute atomic E-state index is 12.5. The molecule has 5 heteroatoms. The lowest BCUT2D eigenvalue weighted by molar-refractivity contribution is -0.142. The minimum Gasteiger partial charge on any atom is -0.481 e. The topological polar surface area (TPSA) is 66.8 Å². The molecule has 22 heavy (non-hydrogen) atoms. The van der Waals surface area contributed by atoms with E-state index in [9.17, 15) is 9.59 Å². The summed E-state index contributed by atoms with van der Waals surface area (Å²) < 4.78 is 5.62. The molecule has 0 aromatic heterocycles. The number of anilines is 1. The summed E-state index contributed by atoms with van der Waals surface area (Å²) >= 11 is 0. The zero-order valence-electron chi connectivity index (χ0n) is 13.2. The standard InChI is InChI=1S/C17H23NO4/c1-3-4-5-6-9-18-13-8-7-12(2)10-14(13)22-15(17(18)21)11-16(19)20/h7-8,10,15H,3-6,9,11H2,1-2H3,(H,19,20). The van der Waals surface area contributed by atoms with Gasteiger partial charge in [-0.1, -0.05) is 32.3 Å². The molecule has 0 radical (unpaired) electrons. The second kappa shape index (κ2) is 7.29. The van der Waals surface area contributed by atoms with E-state index in [0.717, 1.165) is 36.9 Å². The number of hydrogen-bond donors (Lipinski definition) is 1. The SMILES string of the molecule is CCCCCCN1C(=O)C(CC(=O)O)Oc2cc(C)ccc21. The Morgan fingerprint density at radius 3 is 2.77 bits per heavy atom. The molecule has 1 aromatic carbocycles. The molecule has 0 aliphatic carbocycles. The molecule has 1 atom stereocenters. The van der Waals surface area contributed by atoms with Crippen molar-refractivity contribution in [3.8, 4) is 5.75 Å². The molecule has 0 saturated carbocycles. The van der Waals surface area contributed by atoms with Gasteiger partial charge in [-0.2, -0.15) is 0 Å². The van der Waals surface area contributed by atoms with E-state index in [1.54, 1.807) is 4.90 Å². The molecule has 120 valence electrons. The molecule has 0 saturated heterocycles. The number of carboxylic acids is 1. The van der Waals surface area contributed by atoms with E-state index in [-0.39, 0.29) is 12.3 Å². The fourth-order valence-corrected chi connectivity index (χ4v) is 2.65. The van der Waals surface area contributed by atoms with Crippen LogP contribution in [0.25, 0.3) is 0 Å². The molecule has 0 spiro atoms. The first kappa shape index (κ1) is 16.3. The maximum atomic E-state index is 12.5. The van der Waals surface area contributed by atoms with Crippen molar-refractivity contribution in [2.75, 3.05) is 11.4 Å². The number of hydrogen-bond acceptors (Lipinski definition) is 3. The lowest BCUT2D eigenvalue weighted by Gasteiger charge is -2.34. The van der Waals surface area contributed by atoms with Gasteiger partial charge in [-0.05, 0) is 31.0 Å². The van der Waals surface area contributed by atoms with Crippen LogP contribution in [0.15, 0.2) is 18.2 Å². The predicted octanol–water partition coefficient (Wildman–Crippen LogP) is 3.14. The third-order valence-electron chi connectivity index (χ3n) is 3.81. The Bertz CT molecular complexity index is 556. The van der Waals surface area contributed by atoms with Crippen LogP contribution in [0.3, 0.4) is 0 Å². The summed E-state index contributed by atoms with van der Waals surface area (Å²) in [5.41, 5.74) is 1.77. The van der Waals surface area contributed by atoms with Crippen LogP contribution in [-0.4, -0.2) is 29.6 Å². The van der Waals surface area contributed by atoms with Gasteiger partial charge in [0.1, 0.15) is 5.75 Å². The Hall–Kier alpha value is -2.04. The van der Waals surface area contributed by atoms with Crippen molar-refractivity contribution >= 4 is 17.6 Å². The van der Waals surface area contributed by atoms with E-state index < -0.39 is 12.1 Å². The van der Waals surface area contributed by atoms with E-state index in [2.05, 4.69) is 6.92 Å². The van der Waals surface area contributed by atoms with Gasteiger partial charge in [0, 0.05) is 6.54 Å². The van der Waals surface area contributed by atoms with Crippen LogP contribution < -0.4 is 9.64 Å². The van der Waals surface area contributed by atoms with Crippen LogP contribution in [0.4, 0.5) is 5.69 Å². The first-order valence-corrected chi connectivity index (χ1v) is 7.83. The minimum absolute atomic E-state index is 0.254. The average Bonchev–Trinajstić information content (AvgIpc) is 2.46. The maximum Gasteiger partial charge on any atom is 0.307 e. The summed E-state index contributed by atoms with van der Waals surface area (Å²) in [7, 11) is 0. The highest BCUT2D eigenvalue weighted by molar-refractivity contribution is 6.01. The van der Waals surface area contributed by atoms with Gasteiger partial charge in [0.15, 0.2) is 6.10 Å². The first-order chi connectivity index (χ1) is 10.5. The van der Waals surface area contributed by atoms with E-state index in [4.69, 9.17) is 9.84 Å². The van der Waals surface area contributed by atoms with Crippen LogP contribution in [0.5, 0.6) is 5.75 Å². The van der Waals surface area contributed by atoms with Crippen molar-refractivity contribution < 1.29 is 19.4 Å². The number of nitrogens with zero attached hydrogens (tertiary/aromatic N) is 1. The number of aryl methyl sites for hydroxylation is 1. The Kier molecular flexibility index (Phi) is 5.41. The smallest absolute Gasteiger partial charge is 0.307 e. The van der Waals surface area contributed by atoms with Crippen molar-refractivity contribution in [3.05, 3.63) is 23.8 Å². The number of rotatable bonds is 7. The quantitative estimate of drug-likeness (QED) is 0.786. The highest BCUT2D eigenvalue weighted by Gasteiger charge is 2.35. The van der Waals surface area contributed by atoms with Crippen molar-refractivity contribution in [2.24, 2.45) is 0 Å². The summed E-state index contributed by atoms with van der Waals surface area (Å²) in [6.07, 6.45) is 3.00. The molecular formula is C17H23NO4. The number of carboxylic acid groups (broad SMARTS) is 1. The summed E-state index contributed by atoms with van der Waals surface area (Å²) in [5, 5.41) is 8.97. The third-order valence-corrected chi connectivity index (χ3v) is 3.81. The lowest BCUT2D eigenvalue weighted by atomic mass is 10.1. The van der Waals surface area contributed by atoms with Crippen LogP contribution in [-0.2, 0) is 9.59 Å². The van der Waals surface area contributed by atoms with Crippen molar-refractivity contribution in [3.63, 3.8) is 0 Å². The number of benzene rings is 1. The van der Waals surface area contributed by atoms with Crippen LogP contribution in [0, 0.1) is 6.92 Å². The lowest BCUT2D eigenvalue weighted by Crippen LogP contribution is -2.47. The molecule has 1 aromatic rings. The monoisotopic (exact) mass is 305 g/mol. The molecule has 1 amide bonds. The van der Waals surface area contributed by atoms with Gasteiger partial charge >= 0.3 is 5.97 Å². The number of carbonyl (C=O) groups is 2. The van der Waals surface area contributed by atoms with Gasteiger partial charge in [0.2, 0.25) is 0 Å². The molecule has 1 aliphatic rings. The third kappa shape index (κ3) is 3.78. The number of aliphatic carboxylic acids is 1. The summed E-state index contributed by atoms with van der Waals surface area (Å²) in [6.45, 7) is 4.69. The van der Waals surface area contributed by atoms with E-state index in [1.165, 1.54) is 0 Å². The van der Waals surface area contributed by atoms with E-state index in [1.807, 2.05) is 25.1 Å². The minimum atomic E-state index is -1.03. The van der Waals surface area contributed by atoms with Crippen molar-refractivity contribution in [2.45, 2.75) is 52.1 Å². The first-order valence-electron chi connectivity index (χ1n) is 7.83.